The van der Waals surface area contributed by atoms with Crippen LogP contribution in [0, 0.1) is 0 Å². The molecule has 4 rings (SSSR count). The van der Waals surface area contributed by atoms with E-state index in [1.165, 1.54) is 16.8 Å². The zero-order valence-electron chi connectivity index (χ0n) is 15.3. The van der Waals surface area contributed by atoms with Crippen LogP contribution in [0.5, 0.6) is 0 Å². The first-order chi connectivity index (χ1) is 13.8. The Balaban J connectivity index is 1.59. The average Bonchev–Trinajstić information content (AvgIpc) is 3.20. The highest BCUT2D eigenvalue weighted by Gasteiger charge is 2.30. The van der Waals surface area contributed by atoms with E-state index in [4.69, 9.17) is 0 Å². The van der Waals surface area contributed by atoms with Gasteiger partial charge in [0.25, 0.3) is 5.56 Å². The number of rotatable bonds is 4. The van der Waals surface area contributed by atoms with Gasteiger partial charge in [0.1, 0.15) is 5.39 Å². The first kappa shape index (κ1) is 19.2. The molecule has 1 aliphatic carbocycles. The van der Waals surface area contributed by atoms with E-state index in [0.29, 0.717) is 5.56 Å². The lowest BCUT2D eigenvalue weighted by Crippen LogP contribution is -2.37. The third-order valence-electron chi connectivity index (χ3n) is 5.08. The minimum atomic E-state index is -4.42. The van der Waals surface area contributed by atoms with Crippen LogP contribution >= 0.6 is 0 Å². The fourth-order valence-corrected chi connectivity index (χ4v) is 3.64. The summed E-state index contributed by atoms with van der Waals surface area (Å²) in [5.41, 5.74) is -1.20. The van der Waals surface area contributed by atoms with Crippen LogP contribution in [0.1, 0.15) is 42.9 Å². The molecule has 0 unspecified atom stereocenters. The van der Waals surface area contributed by atoms with Gasteiger partial charge in [-0.05, 0) is 30.5 Å². The molecule has 2 aromatic heterocycles. The van der Waals surface area contributed by atoms with Crippen molar-refractivity contribution in [1.29, 1.82) is 0 Å². The Morgan fingerprint density at radius 2 is 1.97 bits per heavy atom. The van der Waals surface area contributed by atoms with Crippen LogP contribution in [0.25, 0.3) is 11.0 Å². The van der Waals surface area contributed by atoms with Gasteiger partial charge in [0, 0.05) is 18.8 Å². The Morgan fingerprint density at radius 3 is 2.69 bits per heavy atom. The lowest BCUT2D eigenvalue weighted by Gasteiger charge is -2.13. The Morgan fingerprint density at radius 1 is 1.21 bits per heavy atom. The highest BCUT2D eigenvalue weighted by Crippen LogP contribution is 2.29. The van der Waals surface area contributed by atoms with Crippen LogP contribution in [0.3, 0.4) is 0 Å². The second kappa shape index (κ2) is 7.34. The molecule has 1 fully saturated rings. The molecule has 2 N–H and O–H groups in total. The van der Waals surface area contributed by atoms with Crippen molar-refractivity contribution in [3.8, 4) is 0 Å². The summed E-state index contributed by atoms with van der Waals surface area (Å²) in [4.78, 5) is 35.9. The number of aromatic amines is 1. The summed E-state index contributed by atoms with van der Waals surface area (Å²) in [6.07, 6.45) is 0.416. The molecule has 29 heavy (non-hydrogen) atoms. The largest absolute Gasteiger partial charge is 0.416 e. The summed E-state index contributed by atoms with van der Waals surface area (Å²) >= 11 is 0. The number of hydrogen-bond acceptors (Lipinski definition) is 5. The highest BCUT2D eigenvalue weighted by molar-refractivity contribution is 5.73. The lowest BCUT2D eigenvalue weighted by molar-refractivity contribution is -0.137. The number of aromatic nitrogens is 4. The molecule has 0 amide bonds. The summed E-state index contributed by atoms with van der Waals surface area (Å²) < 4.78 is 39.7. The van der Waals surface area contributed by atoms with Crippen molar-refractivity contribution in [3.63, 3.8) is 0 Å². The van der Waals surface area contributed by atoms with Crippen molar-refractivity contribution in [2.75, 3.05) is 5.32 Å². The number of H-pyrrole nitrogens is 1. The van der Waals surface area contributed by atoms with E-state index < -0.39 is 23.0 Å². The van der Waals surface area contributed by atoms with Crippen molar-refractivity contribution in [3.05, 3.63) is 62.4 Å². The van der Waals surface area contributed by atoms with Crippen LogP contribution in [-0.2, 0) is 12.7 Å². The molecule has 7 nitrogen and oxygen atoms in total. The number of nitrogens with one attached hydrogen (secondary N) is 2. The van der Waals surface area contributed by atoms with Crippen molar-refractivity contribution in [1.82, 2.24) is 19.5 Å². The van der Waals surface area contributed by atoms with Gasteiger partial charge in [-0.1, -0.05) is 25.0 Å². The number of nitrogens with zero attached hydrogens (tertiary/aromatic N) is 3. The van der Waals surface area contributed by atoms with Gasteiger partial charge in [-0.3, -0.25) is 14.3 Å². The first-order valence-corrected chi connectivity index (χ1v) is 9.24. The summed E-state index contributed by atoms with van der Waals surface area (Å²) in [5.74, 6) is 0.101. The van der Waals surface area contributed by atoms with Gasteiger partial charge in [-0.15, -0.1) is 0 Å². The zero-order chi connectivity index (χ0) is 20.6. The number of alkyl halides is 3. The third kappa shape index (κ3) is 3.87. The summed E-state index contributed by atoms with van der Waals surface area (Å²) in [7, 11) is 0. The van der Waals surface area contributed by atoms with E-state index in [1.807, 2.05) is 0 Å². The van der Waals surface area contributed by atoms with Gasteiger partial charge in [0.05, 0.1) is 5.56 Å². The number of anilines is 1. The summed E-state index contributed by atoms with van der Waals surface area (Å²) in [6.45, 7) is 0.0544. The van der Waals surface area contributed by atoms with Crippen LogP contribution < -0.4 is 16.6 Å². The molecule has 0 saturated heterocycles. The minimum absolute atomic E-state index is 0.0544. The maximum Gasteiger partial charge on any atom is 0.416 e. The molecular weight excluding hydrogens is 387 g/mol. The minimum Gasteiger partial charge on any atom is -0.350 e. The molecule has 0 atom stereocenters. The third-order valence-corrected chi connectivity index (χ3v) is 5.08. The summed E-state index contributed by atoms with van der Waals surface area (Å²) in [5, 5.41) is 3.02. The predicted octanol–water partition coefficient (Wildman–Crippen LogP) is 3.23. The molecular formula is C19H18F3N5O2. The Bertz CT molecular complexity index is 1160. The molecule has 0 spiro atoms. The summed E-state index contributed by atoms with van der Waals surface area (Å²) in [6, 6.07) is 4.79. The van der Waals surface area contributed by atoms with E-state index in [-0.39, 0.29) is 29.6 Å². The van der Waals surface area contributed by atoms with E-state index in [2.05, 4.69) is 20.3 Å². The molecule has 0 radical (unpaired) electrons. The molecule has 2 heterocycles. The lowest BCUT2D eigenvalue weighted by atomic mass is 10.1. The van der Waals surface area contributed by atoms with E-state index in [0.717, 1.165) is 37.8 Å². The van der Waals surface area contributed by atoms with Gasteiger partial charge >= 0.3 is 11.9 Å². The van der Waals surface area contributed by atoms with Crippen molar-refractivity contribution < 1.29 is 13.2 Å². The van der Waals surface area contributed by atoms with Gasteiger partial charge < -0.3 is 5.32 Å². The van der Waals surface area contributed by atoms with E-state index in [9.17, 15) is 22.8 Å². The van der Waals surface area contributed by atoms with Gasteiger partial charge in [-0.2, -0.15) is 18.2 Å². The van der Waals surface area contributed by atoms with Gasteiger partial charge in [0.2, 0.25) is 5.95 Å². The average molecular weight is 405 g/mol. The molecule has 0 bridgehead atoms. The topological polar surface area (TPSA) is 92.7 Å². The highest BCUT2D eigenvalue weighted by atomic mass is 19.4. The van der Waals surface area contributed by atoms with Crippen LogP contribution in [-0.4, -0.2) is 19.5 Å². The second-order valence-corrected chi connectivity index (χ2v) is 7.05. The van der Waals surface area contributed by atoms with Crippen LogP contribution in [0.2, 0.25) is 0 Å². The molecule has 152 valence electrons. The fourth-order valence-electron chi connectivity index (χ4n) is 3.64. The second-order valence-electron chi connectivity index (χ2n) is 7.05. The van der Waals surface area contributed by atoms with Crippen molar-refractivity contribution >= 4 is 17.0 Å². The number of fused-ring (bicyclic) bond motifs is 1. The maximum absolute atomic E-state index is 12.8. The normalized spacial score (nSPS) is 15.1. The zero-order valence-corrected chi connectivity index (χ0v) is 15.3. The quantitative estimate of drug-likeness (QED) is 0.695. The van der Waals surface area contributed by atoms with Crippen molar-refractivity contribution in [2.45, 2.75) is 44.4 Å². The van der Waals surface area contributed by atoms with Gasteiger partial charge in [-0.25, -0.2) is 9.78 Å². The van der Waals surface area contributed by atoms with E-state index in [1.54, 1.807) is 6.07 Å². The molecule has 1 aromatic carbocycles. The predicted molar refractivity (Wildman–Crippen MR) is 101 cm³/mol. The van der Waals surface area contributed by atoms with Gasteiger partial charge in [0.15, 0.2) is 5.65 Å². The Hall–Kier alpha value is -3.17. The fraction of sp³-hybridized carbons (Fsp3) is 0.368. The SMILES string of the molecule is O=c1[nH]c2nc(NCc3cccc(C(F)(F)F)c3)ncc2c(=O)n1C1CCCC1. The number of benzene rings is 1. The maximum atomic E-state index is 12.8. The number of hydrogen-bond donors (Lipinski definition) is 2. The van der Waals surface area contributed by atoms with Crippen LogP contribution in [0.15, 0.2) is 40.1 Å². The molecule has 1 saturated carbocycles. The standard InChI is InChI=1S/C19H18F3N5O2/c20-19(21,22)12-5-3-4-11(8-12)9-23-17-24-10-14-15(25-17)26-18(29)27(16(14)28)13-6-1-2-7-13/h3-5,8,10,13H,1-2,6-7,9H2,(H2,23,24,25,26,29). The van der Waals surface area contributed by atoms with E-state index >= 15 is 0 Å². The Labute approximate surface area is 162 Å². The molecule has 10 heteroatoms. The molecule has 3 aromatic rings. The molecule has 0 aliphatic heterocycles. The monoisotopic (exact) mass is 405 g/mol. The smallest absolute Gasteiger partial charge is 0.350 e. The van der Waals surface area contributed by atoms with Crippen molar-refractivity contribution in [2.24, 2.45) is 0 Å². The Kier molecular flexibility index (Phi) is 4.85. The van der Waals surface area contributed by atoms with Crippen LogP contribution in [0.4, 0.5) is 19.1 Å². The molecule has 1 aliphatic rings. The first-order valence-electron chi connectivity index (χ1n) is 9.24. The number of halogens is 3.